The highest BCUT2D eigenvalue weighted by atomic mass is 35.5. The summed E-state index contributed by atoms with van der Waals surface area (Å²) >= 11 is 6.13. The molecule has 0 spiro atoms. The summed E-state index contributed by atoms with van der Waals surface area (Å²) in [6, 6.07) is 15.1. The topological polar surface area (TPSA) is 34.0 Å². The van der Waals surface area contributed by atoms with Gasteiger partial charge in [0.15, 0.2) is 6.04 Å². The first-order chi connectivity index (χ1) is 11.4. The van der Waals surface area contributed by atoms with Crippen molar-refractivity contribution in [3.63, 3.8) is 0 Å². The number of hydrogen-bond donors (Lipinski definition) is 1. The van der Waals surface area contributed by atoms with Crippen LogP contribution in [0.25, 0.3) is 0 Å². The summed E-state index contributed by atoms with van der Waals surface area (Å²) in [5, 5.41) is 0.661. The molecule has 1 unspecified atom stereocenters. The van der Waals surface area contributed by atoms with Crippen LogP contribution < -0.4 is 9.64 Å². The highest BCUT2D eigenvalue weighted by molar-refractivity contribution is 6.30. The first-order valence-electron chi connectivity index (χ1n) is 7.85. The van der Waals surface area contributed by atoms with E-state index in [2.05, 4.69) is 0 Å². The van der Waals surface area contributed by atoms with Gasteiger partial charge < -0.3 is 14.5 Å². The van der Waals surface area contributed by atoms with Crippen molar-refractivity contribution in [1.82, 2.24) is 4.90 Å². The molecule has 2 atom stereocenters. The lowest BCUT2D eigenvalue weighted by Crippen LogP contribution is -3.09. The van der Waals surface area contributed by atoms with Crippen LogP contribution in [0.1, 0.15) is 17.2 Å². The van der Waals surface area contributed by atoms with E-state index in [-0.39, 0.29) is 11.9 Å². The third kappa shape index (κ3) is 4.28. The molecule has 1 N–H and O–H groups in total. The van der Waals surface area contributed by atoms with Gasteiger partial charge in [-0.05, 0) is 18.2 Å². The second-order valence-corrected chi connectivity index (χ2v) is 6.49. The minimum absolute atomic E-state index is 0.0692. The SMILES string of the molecule is COc1ccc(Cl)cc1C[NH+](C)[C@@H](C(=O)N(C)C)c1ccccc1. The van der Waals surface area contributed by atoms with Crippen LogP contribution >= 0.6 is 11.6 Å². The Morgan fingerprint density at radius 3 is 2.46 bits per heavy atom. The molecule has 0 bridgehead atoms. The number of carbonyl (C=O) groups excluding carboxylic acids is 1. The van der Waals surface area contributed by atoms with Gasteiger partial charge in [-0.1, -0.05) is 41.9 Å². The molecule has 0 aromatic heterocycles. The van der Waals surface area contributed by atoms with E-state index in [1.807, 2.05) is 49.5 Å². The molecule has 0 aliphatic carbocycles. The Kier molecular flexibility index (Phi) is 6.23. The number of hydrogen-bond acceptors (Lipinski definition) is 2. The Morgan fingerprint density at radius 2 is 1.88 bits per heavy atom. The normalized spacial score (nSPS) is 13.2. The zero-order valence-corrected chi connectivity index (χ0v) is 15.3. The van der Waals surface area contributed by atoms with Crippen molar-refractivity contribution < 1.29 is 14.4 Å². The van der Waals surface area contributed by atoms with E-state index >= 15 is 0 Å². The number of amides is 1. The van der Waals surface area contributed by atoms with E-state index in [1.54, 1.807) is 32.2 Å². The highest BCUT2D eigenvalue weighted by Gasteiger charge is 2.30. The number of benzene rings is 2. The minimum Gasteiger partial charge on any atom is -0.496 e. The molecule has 128 valence electrons. The van der Waals surface area contributed by atoms with Gasteiger partial charge in [0.1, 0.15) is 12.3 Å². The zero-order chi connectivity index (χ0) is 17.7. The molecule has 0 fully saturated rings. The Labute approximate surface area is 148 Å². The van der Waals surface area contributed by atoms with Gasteiger partial charge in [0.25, 0.3) is 5.91 Å². The smallest absolute Gasteiger partial charge is 0.285 e. The predicted octanol–water partition coefficient (Wildman–Crippen LogP) is 2.19. The maximum Gasteiger partial charge on any atom is 0.285 e. The molecular weight excluding hydrogens is 324 g/mol. The Morgan fingerprint density at radius 1 is 1.21 bits per heavy atom. The van der Waals surface area contributed by atoms with Crippen LogP contribution in [0.2, 0.25) is 5.02 Å². The Bertz CT molecular complexity index is 689. The number of nitrogens with zero attached hydrogens (tertiary/aromatic N) is 1. The summed E-state index contributed by atoms with van der Waals surface area (Å²) in [5.41, 5.74) is 1.98. The molecule has 0 radical (unpaired) electrons. The Balaban J connectivity index is 2.33. The molecule has 1 amide bonds. The van der Waals surface area contributed by atoms with Crippen molar-refractivity contribution in [3.8, 4) is 5.75 Å². The average Bonchev–Trinajstić information content (AvgIpc) is 2.56. The molecule has 0 aliphatic heterocycles. The molecule has 0 saturated heterocycles. The van der Waals surface area contributed by atoms with E-state index in [1.165, 1.54) is 0 Å². The van der Waals surface area contributed by atoms with Gasteiger partial charge in [0.2, 0.25) is 0 Å². The summed E-state index contributed by atoms with van der Waals surface area (Å²) in [5.74, 6) is 0.850. The molecule has 2 rings (SSSR count). The zero-order valence-electron chi connectivity index (χ0n) is 14.5. The van der Waals surface area contributed by atoms with Gasteiger partial charge in [-0.2, -0.15) is 0 Å². The summed E-state index contributed by atoms with van der Waals surface area (Å²) in [7, 11) is 7.22. The van der Waals surface area contributed by atoms with Gasteiger partial charge in [0.05, 0.1) is 14.2 Å². The quantitative estimate of drug-likeness (QED) is 0.869. The lowest BCUT2D eigenvalue weighted by atomic mass is 10.0. The summed E-state index contributed by atoms with van der Waals surface area (Å²) in [6.45, 7) is 0.628. The molecular formula is C19H24ClN2O2+. The average molecular weight is 348 g/mol. The van der Waals surface area contributed by atoms with E-state index in [9.17, 15) is 4.79 Å². The standard InChI is InChI=1S/C19H23ClN2O2/c1-21(2)19(23)18(14-8-6-5-7-9-14)22(3)13-15-12-16(20)10-11-17(15)24-4/h5-12,18H,13H2,1-4H3/p+1/t18-/m1/s1. The molecule has 0 aliphatic rings. The highest BCUT2D eigenvalue weighted by Crippen LogP contribution is 2.22. The van der Waals surface area contributed by atoms with Crippen molar-refractivity contribution in [2.75, 3.05) is 28.3 Å². The van der Waals surface area contributed by atoms with Gasteiger partial charge in [0, 0.05) is 30.2 Å². The predicted molar refractivity (Wildman–Crippen MR) is 96.5 cm³/mol. The number of methoxy groups -OCH3 is 1. The van der Waals surface area contributed by atoms with Gasteiger partial charge >= 0.3 is 0 Å². The molecule has 4 nitrogen and oxygen atoms in total. The van der Waals surface area contributed by atoms with Crippen LogP contribution in [0.4, 0.5) is 0 Å². The van der Waals surface area contributed by atoms with Gasteiger partial charge in [-0.25, -0.2) is 0 Å². The van der Waals surface area contributed by atoms with E-state index in [0.717, 1.165) is 21.8 Å². The summed E-state index contributed by atoms with van der Waals surface area (Å²) < 4.78 is 5.43. The number of rotatable bonds is 6. The third-order valence-electron chi connectivity index (χ3n) is 4.03. The van der Waals surface area contributed by atoms with Crippen LogP contribution in [0.5, 0.6) is 5.75 Å². The summed E-state index contributed by atoms with van der Waals surface area (Å²) in [6.07, 6.45) is 0. The van der Waals surface area contributed by atoms with E-state index < -0.39 is 0 Å². The second kappa shape index (κ2) is 8.18. The Hall–Kier alpha value is -2.04. The van der Waals surface area contributed by atoms with Crippen molar-refractivity contribution in [2.45, 2.75) is 12.6 Å². The van der Waals surface area contributed by atoms with Gasteiger partial charge in [-0.3, -0.25) is 4.79 Å². The first kappa shape index (κ1) is 18.3. The van der Waals surface area contributed by atoms with Crippen LogP contribution in [-0.4, -0.2) is 39.1 Å². The van der Waals surface area contributed by atoms with Crippen molar-refractivity contribution in [3.05, 3.63) is 64.7 Å². The van der Waals surface area contributed by atoms with Crippen LogP contribution in [0.3, 0.4) is 0 Å². The molecule has 2 aromatic rings. The van der Waals surface area contributed by atoms with E-state index in [0.29, 0.717) is 11.6 Å². The maximum atomic E-state index is 12.7. The second-order valence-electron chi connectivity index (χ2n) is 6.06. The number of halogens is 1. The van der Waals surface area contributed by atoms with Crippen LogP contribution in [-0.2, 0) is 11.3 Å². The number of quaternary nitrogens is 1. The van der Waals surface area contributed by atoms with Crippen molar-refractivity contribution in [2.24, 2.45) is 0 Å². The fourth-order valence-corrected chi connectivity index (χ4v) is 3.02. The van der Waals surface area contributed by atoms with Crippen LogP contribution in [0.15, 0.2) is 48.5 Å². The van der Waals surface area contributed by atoms with Crippen LogP contribution in [0, 0.1) is 0 Å². The lowest BCUT2D eigenvalue weighted by molar-refractivity contribution is -0.916. The third-order valence-corrected chi connectivity index (χ3v) is 4.26. The number of nitrogens with one attached hydrogen (secondary N) is 1. The summed E-state index contributed by atoms with van der Waals surface area (Å²) in [4.78, 5) is 15.4. The fraction of sp³-hybridized carbons (Fsp3) is 0.316. The molecule has 2 aromatic carbocycles. The maximum absolute atomic E-state index is 12.7. The largest absolute Gasteiger partial charge is 0.496 e. The molecule has 0 saturated carbocycles. The molecule has 24 heavy (non-hydrogen) atoms. The first-order valence-corrected chi connectivity index (χ1v) is 8.22. The monoisotopic (exact) mass is 347 g/mol. The van der Waals surface area contributed by atoms with Crippen molar-refractivity contribution in [1.29, 1.82) is 0 Å². The number of likely N-dealkylation sites (N-methyl/N-ethyl adjacent to an activating group) is 2. The molecule has 0 heterocycles. The number of carbonyl (C=O) groups is 1. The molecule has 5 heteroatoms. The fourth-order valence-electron chi connectivity index (χ4n) is 2.83. The lowest BCUT2D eigenvalue weighted by Gasteiger charge is -2.27. The van der Waals surface area contributed by atoms with Crippen molar-refractivity contribution >= 4 is 17.5 Å². The van der Waals surface area contributed by atoms with Gasteiger partial charge in [-0.15, -0.1) is 0 Å². The number of ether oxygens (including phenoxy) is 1. The minimum atomic E-state index is -0.287. The van der Waals surface area contributed by atoms with E-state index in [4.69, 9.17) is 16.3 Å².